The summed E-state index contributed by atoms with van der Waals surface area (Å²) in [5.41, 5.74) is 0. The monoisotopic (exact) mass is 1310 g/mol. The van der Waals surface area contributed by atoms with Gasteiger partial charge in [0.2, 0.25) is 0 Å². The summed E-state index contributed by atoms with van der Waals surface area (Å²) in [4.78, 5) is 35.9. The van der Waals surface area contributed by atoms with Gasteiger partial charge in [-0.05, 0) is 154 Å². The van der Waals surface area contributed by atoms with Crippen LogP contribution in [0.1, 0.15) is 245 Å². The second-order valence-corrected chi connectivity index (χ2v) is 26.0. The van der Waals surface area contributed by atoms with E-state index in [9.17, 15) is 19.0 Å². The number of ether oxygens (including phenoxy) is 2. The van der Waals surface area contributed by atoms with Crippen LogP contribution in [0.25, 0.3) is 0 Å². The summed E-state index contributed by atoms with van der Waals surface area (Å²) in [5, 5.41) is 0. The molecule has 9 nitrogen and oxygen atoms in total. The fraction of sp³-hybridized carbons (Fsp3) is 0.548. The Labute approximate surface area is 576 Å². The molecular formula is C84H133NO8P+. The predicted octanol–water partition coefficient (Wildman–Crippen LogP) is 24.4. The van der Waals surface area contributed by atoms with Crippen LogP contribution < -0.4 is 0 Å². The van der Waals surface area contributed by atoms with Gasteiger partial charge in [-0.25, -0.2) is 4.57 Å². The highest BCUT2D eigenvalue weighted by Gasteiger charge is 2.27. The molecule has 0 radical (unpaired) electrons. The maximum Gasteiger partial charge on any atom is 0.472 e. The highest BCUT2D eigenvalue weighted by Crippen LogP contribution is 2.43. The van der Waals surface area contributed by atoms with Gasteiger partial charge >= 0.3 is 19.8 Å². The van der Waals surface area contributed by atoms with E-state index >= 15 is 0 Å². The number of likely N-dealkylation sites (N-methyl/N-ethyl adjacent to an activating group) is 1. The van der Waals surface area contributed by atoms with E-state index in [0.717, 1.165) is 173 Å². The Morgan fingerprint density at radius 1 is 0.330 bits per heavy atom. The maximum absolute atomic E-state index is 12.9. The highest BCUT2D eigenvalue weighted by molar-refractivity contribution is 7.47. The van der Waals surface area contributed by atoms with Crippen molar-refractivity contribution in [3.63, 3.8) is 0 Å². The first-order valence-electron chi connectivity index (χ1n) is 36.5. The molecule has 0 bridgehead atoms. The molecule has 0 aliphatic carbocycles. The zero-order valence-electron chi connectivity index (χ0n) is 59.8. The number of nitrogens with zero attached hydrogens (tertiary/aromatic N) is 1. The van der Waals surface area contributed by atoms with Crippen molar-refractivity contribution in [1.29, 1.82) is 0 Å². The highest BCUT2D eigenvalue weighted by atomic mass is 31.2. The van der Waals surface area contributed by atoms with Gasteiger partial charge in [0.25, 0.3) is 0 Å². The Balaban J connectivity index is 4.20. The molecule has 1 N–H and O–H groups in total. The van der Waals surface area contributed by atoms with Crippen molar-refractivity contribution in [3.8, 4) is 0 Å². The van der Waals surface area contributed by atoms with E-state index in [4.69, 9.17) is 18.5 Å². The third-order valence-electron chi connectivity index (χ3n) is 14.5. The van der Waals surface area contributed by atoms with Crippen LogP contribution in [0.15, 0.2) is 219 Å². The fourth-order valence-corrected chi connectivity index (χ4v) is 9.74. The Morgan fingerprint density at radius 3 is 0.851 bits per heavy atom. The smallest absolute Gasteiger partial charge is 0.462 e. The number of carbonyl (C=O) groups is 2. The van der Waals surface area contributed by atoms with Gasteiger partial charge in [0.1, 0.15) is 19.8 Å². The number of phosphoric ester groups is 1. The largest absolute Gasteiger partial charge is 0.472 e. The van der Waals surface area contributed by atoms with Crippen molar-refractivity contribution >= 4 is 19.8 Å². The molecule has 0 aliphatic heterocycles. The summed E-state index contributed by atoms with van der Waals surface area (Å²) < 4.78 is 34.7. The molecule has 0 fully saturated rings. The van der Waals surface area contributed by atoms with Crippen molar-refractivity contribution in [2.45, 2.75) is 251 Å². The van der Waals surface area contributed by atoms with Gasteiger partial charge in [0.15, 0.2) is 6.10 Å². The van der Waals surface area contributed by atoms with Crippen LogP contribution in [-0.2, 0) is 32.7 Å². The van der Waals surface area contributed by atoms with Gasteiger partial charge in [-0.15, -0.1) is 0 Å². The number of unbranched alkanes of at least 4 members (excludes halogenated alkanes) is 14. The first kappa shape index (κ1) is 88.3. The molecule has 10 heteroatoms. The van der Waals surface area contributed by atoms with Gasteiger partial charge in [-0.2, -0.15) is 0 Å². The molecule has 0 aromatic heterocycles. The van der Waals surface area contributed by atoms with Crippen molar-refractivity contribution < 1.29 is 42.1 Å². The van der Waals surface area contributed by atoms with E-state index in [1.165, 1.54) is 38.5 Å². The molecule has 0 heterocycles. The van der Waals surface area contributed by atoms with Crippen molar-refractivity contribution in [2.24, 2.45) is 0 Å². The zero-order valence-corrected chi connectivity index (χ0v) is 60.7. The Bertz CT molecular complexity index is 2390. The molecule has 526 valence electrons. The lowest BCUT2D eigenvalue weighted by atomic mass is 10.1. The average molecular weight is 1320 g/mol. The van der Waals surface area contributed by atoms with Crippen LogP contribution in [0.5, 0.6) is 0 Å². The molecule has 2 atom stereocenters. The molecule has 2 unspecified atom stereocenters. The molecule has 0 aliphatic rings. The predicted molar refractivity (Wildman–Crippen MR) is 408 cm³/mol. The lowest BCUT2D eigenvalue weighted by molar-refractivity contribution is -0.870. The van der Waals surface area contributed by atoms with Gasteiger partial charge in [0.05, 0.1) is 27.7 Å². The van der Waals surface area contributed by atoms with Crippen LogP contribution in [0.3, 0.4) is 0 Å². The summed E-state index contributed by atoms with van der Waals surface area (Å²) in [6.45, 7) is 4.14. The summed E-state index contributed by atoms with van der Waals surface area (Å²) >= 11 is 0. The number of esters is 2. The number of phosphoric acid groups is 1. The van der Waals surface area contributed by atoms with Gasteiger partial charge < -0.3 is 18.9 Å². The quantitative estimate of drug-likeness (QED) is 0.0211. The Hall–Kier alpha value is -5.67. The number of hydrogen-bond donors (Lipinski definition) is 1. The lowest BCUT2D eigenvalue weighted by Crippen LogP contribution is -2.37. The molecule has 94 heavy (non-hydrogen) atoms. The minimum atomic E-state index is -4.42. The van der Waals surface area contributed by atoms with E-state index < -0.39 is 26.5 Å². The summed E-state index contributed by atoms with van der Waals surface area (Å²) in [6, 6.07) is 0. The number of hydrogen-bond acceptors (Lipinski definition) is 7. The molecule has 0 amide bonds. The third kappa shape index (κ3) is 75.4. The number of quaternary nitrogens is 1. The molecule has 0 spiro atoms. The van der Waals surface area contributed by atoms with E-state index in [0.29, 0.717) is 17.4 Å². The van der Waals surface area contributed by atoms with E-state index in [1.54, 1.807) is 0 Å². The van der Waals surface area contributed by atoms with Crippen molar-refractivity contribution in [2.75, 3.05) is 47.5 Å². The third-order valence-corrected chi connectivity index (χ3v) is 15.5. The molecule has 0 saturated heterocycles. The standard InChI is InChI=1S/C84H132NO8P/c1-6-8-10-12-14-16-18-20-22-24-26-28-30-32-34-36-38-40-42-44-46-48-50-52-54-56-58-60-62-64-66-68-70-72-74-76-83(86)90-80-82(81-92-94(88,89)91-79-78-85(3,4)5)93-84(87)77-75-73-71-69-67-65-63-61-59-57-55-53-51-49-47-45-43-41-39-37-35-33-31-29-27-25-23-21-19-17-15-13-11-9-7-2/h8-11,14-17,20-23,26-29,32-35,38-41,44-47,50-53,57,59,63,65,82H,6-7,12-13,18-19,24-25,30-31,36-37,42-43,48-49,54-56,58,60-62,64,66-81H2,1-5H3/p+1/b10-8-,11-9-,16-14-,17-15-,22-20-,23-21-,28-26-,29-27-,34-32-,35-33-,40-38-,41-39-,46-44-,47-45-,52-50-,53-51-,59-57-,65-63-. The van der Waals surface area contributed by atoms with Crippen LogP contribution in [-0.4, -0.2) is 74.9 Å². The zero-order chi connectivity index (χ0) is 68.3. The lowest BCUT2D eigenvalue weighted by Gasteiger charge is -2.24. The van der Waals surface area contributed by atoms with E-state index in [1.807, 2.05) is 21.1 Å². The summed E-state index contributed by atoms with van der Waals surface area (Å²) in [6.07, 6.45) is 115. The second-order valence-electron chi connectivity index (χ2n) is 24.5. The molecule has 0 aromatic carbocycles. The fourth-order valence-electron chi connectivity index (χ4n) is 9.00. The molecule has 0 aromatic rings. The van der Waals surface area contributed by atoms with E-state index in [-0.39, 0.29) is 32.0 Å². The minimum absolute atomic E-state index is 0.0133. The van der Waals surface area contributed by atoms with E-state index in [2.05, 4.69) is 233 Å². The number of allylic oxidation sites excluding steroid dienone is 36. The molecular weight excluding hydrogens is 1180 g/mol. The van der Waals surface area contributed by atoms with Gasteiger partial charge in [-0.1, -0.05) is 297 Å². The molecule has 0 saturated carbocycles. The first-order valence-corrected chi connectivity index (χ1v) is 38.0. The SMILES string of the molecule is CC/C=C\C/C=C\C/C=C\C/C=C\C/C=C\C/C=C\C/C=C\C/C=C\C/C=C\C/C=C\CCCCCCC(=O)OC(COC(=O)CCCCCCCCCCCC/C=C\C/C=C\C/C=C\C/C=C\C/C=C\C/C=C\C/C=C\C/C=C\CC)COP(=O)(O)OCC[N+](C)(C)C. The average Bonchev–Trinajstić information content (AvgIpc) is 1.68. The molecule has 0 rings (SSSR count). The van der Waals surface area contributed by atoms with Crippen LogP contribution in [0.4, 0.5) is 0 Å². The Kier molecular flexibility index (Phi) is 67.3. The van der Waals surface area contributed by atoms with Crippen LogP contribution >= 0.6 is 7.82 Å². The van der Waals surface area contributed by atoms with Crippen molar-refractivity contribution in [3.05, 3.63) is 219 Å². The summed E-state index contributed by atoms with van der Waals surface area (Å²) in [7, 11) is 1.43. The number of carbonyl (C=O) groups excluding carboxylic acids is 2. The van der Waals surface area contributed by atoms with Crippen LogP contribution in [0, 0.1) is 0 Å². The first-order chi connectivity index (χ1) is 46.0. The summed E-state index contributed by atoms with van der Waals surface area (Å²) in [5.74, 6) is -0.848. The van der Waals surface area contributed by atoms with Crippen molar-refractivity contribution in [1.82, 2.24) is 0 Å². The normalized spacial score (nSPS) is 14.4. The Morgan fingerprint density at radius 2 is 0.574 bits per heavy atom. The van der Waals surface area contributed by atoms with Crippen LogP contribution in [0.2, 0.25) is 0 Å². The number of rotatable bonds is 64. The topological polar surface area (TPSA) is 108 Å². The van der Waals surface area contributed by atoms with Gasteiger partial charge in [-0.3, -0.25) is 18.6 Å². The second kappa shape index (κ2) is 71.6. The maximum atomic E-state index is 12.9. The van der Waals surface area contributed by atoms with Gasteiger partial charge in [0, 0.05) is 12.8 Å². The minimum Gasteiger partial charge on any atom is -0.462 e.